The molecule has 44 heavy (non-hydrogen) atoms. The Labute approximate surface area is 262 Å². The highest BCUT2D eigenvalue weighted by Gasteiger charge is 2.28. The van der Waals surface area contributed by atoms with E-state index in [2.05, 4.69) is 10.1 Å². The van der Waals surface area contributed by atoms with Gasteiger partial charge in [-0.3, -0.25) is 9.59 Å². The van der Waals surface area contributed by atoms with Gasteiger partial charge in [-0.25, -0.2) is 27.0 Å². The molecule has 12 nitrogen and oxygen atoms in total. The molecule has 2 unspecified atom stereocenters. The van der Waals surface area contributed by atoms with Crippen molar-refractivity contribution in [3.05, 3.63) is 65.2 Å². The van der Waals surface area contributed by atoms with Crippen molar-refractivity contribution in [2.75, 3.05) is 26.2 Å². The first-order valence-electron chi connectivity index (χ1n) is 14.9. The van der Waals surface area contributed by atoms with E-state index in [4.69, 9.17) is 5.14 Å². The highest BCUT2D eigenvalue weighted by atomic mass is 32.2. The molecule has 0 bridgehead atoms. The zero-order valence-corrected chi connectivity index (χ0v) is 27.8. The Balaban J connectivity index is 2.48. The van der Waals surface area contributed by atoms with E-state index in [1.54, 1.807) is 18.7 Å². The fourth-order valence-electron chi connectivity index (χ4n) is 4.54. The summed E-state index contributed by atoms with van der Waals surface area (Å²) in [5.41, 5.74) is 0.676. The van der Waals surface area contributed by atoms with E-state index in [0.717, 1.165) is 17.7 Å². The predicted molar refractivity (Wildman–Crippen MR) is 171 cm³/mol. The number of hydrogen-bond acceptors (Lipinski definition) is 8. The van der Waals surface area contributed by atoms with Gasteiger partial charge < -0.3 is 15.3 Å². The Morgan fingerprint density at radius 1 is 0.886 bits per heavy atom. The van der Waals surface area contributed by atoms with Gasteiger partial charge in [0.25, 0.3) is 11.8 Å². The molecule has 0 spiro atoms. The van der Waals surface area contributed by atoms with Crippen LogP contribution in [0.3, 0.4) is 0 Å². The van der Waals surface area contributed by atoms with Crippen LogP contribution in [0.15, 0.2) is 53.4 Å². The van der Waals surface area contributed by atoms with Gasteiger partial charge in [-0.05, 0) is 63.3 Å². The molecular formula is C30H47N5O7S2. The van der Waals surface area contributed by atoms with Crippen molar-refractivity contribution in [3.8, 4) is 0 Å². The molecule has 2 rings (SSSR count). The normalized spacial score (nSPS) is 13.6. The summed E-state index contributed by atoms with van der Waals surface area (Å²) in [6, 6.07) is 11.8. The number of primary sulfonamides is 1. The van der Waals surface area contributed by atoms with Crippen LogP contribution in [-0.2, 0) is 26.5 Å². The molecular weight excluding hydrogens is 606 g/mol. The number of carbonyl (C=O) groups excluding carboxylic acids is 2. The second kappa shape index (κ2) is 17.0. The largest absolute Gasteiger partial charge is 0.390 e. The maximum Gasteiger partial charge on any atom is 0.253 e. The van der Waals surface area contributed by atoms with Crippen molar-refractivity contribution in [3.63, 3.8) is 0 Å². The molecule has 0 aromatic heterocycles. The minimum absolute atomic E-state index is 0.000876. The van der Waals surface area contributed by atoms with Crippen LogP contribution in [0.2, 0.25) is 0 Å². The van der Waals surface area contributed by atoms with Crippen LogP contribution in [-0.4, -0.2) is 87.2 Å². The number of hydrazine groups is 1. The zero-order valence-electron chi connectivity index (χ0n) is 26.2. The predicted octanol–water partition coefficient (Wildman–Crippen LogP) is 2.25. The molecule has 0 radical (unpaired) electrons. The van der Waals surface area contributed by atoms with Crippen molar-refractivity contribution < 1.29 is 31.5 Å². The van der Waals surface area contributed by atoms with Gasteiger partial charge in [0, 0.05) is 37.3 Å². The van der Waals surface area contributed by atoms with E-state index in [1.807, 2.05) is 51.1 Å². The van der Waals surface area contributed by atoms with Crippen LogP contribution in [0.1, 0.15) is 80.2 Å². The van der Waals surface area contributed by atoms with Crippen molar-refractivity contribution in [2.24, 2.45) is 5.14 Å². The lowest BCUT2D eigenvalue weighted by Gasteiger charge is -2.30. The van der Waals surface area contributed by atoms with E-state index in [-0.39, 0.29) is 29.0 Å². The van der Waals surface area contributed by atoms with Crippen LogP contribution < -0.4 is 15.3 Å². The van der Waals surface area contributed by atoms with E-state index in [9.17, 15) is 31.5 Å². The summed E-state index contributed by atoms with van der Waals surface area (Å²) in [4.78, 5) is 30.7. The first kappa shape index (κ1) is 37.3. The summed E-state index contributed by atoms with van der Waals surface area (Å²) in [6.45, 7) is 9.87. The maximum atomic E-state index is 13.6. The fourth-order valence-corrected chi connectivity index (χ4v) is 5.86. The molecule has 0 aliphatic heterocycles. The second-order valence-corrected chi connectivity index (χ2v) is 14.8. The first-order chi connectivity index (χ1) is 20.6. The van der Waals surface area contributed by atoms with Gasteiger partial charge >= 0.3 is 0 Å². The zero-order chi connectivity index (χ0) is 33.1. The molecule has 2 amide bonds. The molecule has 5 N–H and O–H groups in total. The first-order valence-corrected chi connectivity index (χ1v) is 18.0. The summed E-state index contributed by atoms with van der Waals surface area (Å²) < 4.78 is 49.8. The molecule has 2 aromatic carbocycles. The summed E-state index contributed by atoms with van der Waals surface area (Å²) in [5, 5.41) is 20.2. The van der Waals surface area contributed by atoms with E-state index in [0.29, 0.717) is 38.9 Å². The minimum Gasteiger partial charge on any atom is -0.390 e. The third-order valence-corrected chi connectivity index (χ3v) is 9.52. The minimum atomic E-state index is -4.28. The fraction of sp³-hybridized carbons (Fsp3) is 0.533. The van der Waals surface area contributed by atoms with E-state index >= 15 is 0 Å². The molecule has 0 heterocycles. The number of nitrogens with one attached hydrogen (secondary N) is 2. The number of benzene rings is 2. The molecule has 0 aliphatic carbocycles. The average Bonchev–Trinajstić information content (AvgIpc) is 2.96. The highest BCUT2D eigenvalue weighted by molar-refractivity contribution is 7.90. The smallest absolute Gasteiger partial charge is 0.253 e. The second-order valence-electron chi connectivity index (χ2n) is 11.1. The SMILES string of the molecule is CCCN(CC(O)C(Cc1ccccc1)NC(=O)c1cc(C(=O)N(CCC)CCC)cc(S(N)(=O)=O)c1)NS(=O)(=O)C(C)C. The Morgan fingerprint density at radius 2 is 1.45 bits per heavy atom. The third-order valence-electron chi connectivity index (χ3n) is 6.88. The van der Waals surface area contributed by atoms with Gasteiger partial charge in [0.1, 0.15) is 0 Å². The lowest BCUT2D eigenvalue weighted by Crippen LogP contribution is -2.54. The summed E-state index contributed by atoms with van der Waals surface area (Å²) in [7, 11) is -7.97. The third kappa shape index (κ3) is 11.2. The van der Waals surface area contributed by atoms with Crippen molar-refractivity contribution >= 4 is 31.9 Å². The quantitative estimate of drug-likeness (QED) is 0.177. The number of nitrogens with zero attached hydrogens (tertiary/aromatic N) is 2. The maximum absolute atomic E-state index is 13.6. The summed E-state index contributed by atoms with van der Waals surface area (Å²) in [6.07, 6.45) is 0.914. The average molecular weight is 654 g/mol. The molecule has 0 saturated heterocycles. The topological polar surface area (TPSA) is 179 Å². The van der Waals surface area contributed by atoms with Crippen molar-refractivity contribution in [1.82, 2.24) is 20.1 Å². The Kier molecular flexibility index (Phi) is 14.4. The van der Waals surface area contributed by atoms with Crippen molar-refractivity contribution in [2.45, 2.75) is 82.6 Å². The van der Waals surface area contributed by atoms with Crippen LogP contribution >= 0.6 is 0 Å². The number of sulfonamides is 2. The molecule has 0 fully saturated rings. The lowest BCUT2D eigenvalue weighted by molar-refractivity contribution is 0.0618. The van der Waals surface area contributed by atoms with Gasteiger partial charge in [0.05, 0.1) is 22.3 Å². The number of amides is 2. The monoisotopic (exact) mass is 653 g/mol. The molecule has 2 aromatic rings. The van der Waals surface area contributed by atoms with Gasteiger partial charge in [0.15, 0.2) is 0 Å². The lowest BCUT2D eigenvalue weighted by atomic mass is 10.00. The number of carbonyl (C=O) groups is 2. The summed E-state index contributed by atoms with van der Waals surface area (Å²) in [5.74, 6) is -1.16. The van der Waals surface area contributed by atoms with Gasteiger partial charge in [-0.2, -0.15) is 0 Å². The Morgan fingerprint density at radius 3 is 1.98 bits per heavy atom. The van der Waals surface area contributed by atoms with E-state index < -0.39 is 49.3 Å². The van der Waals surface area contributed by atoms with Gasteiger partial charge in [-0.1, -0.05) is 51.1 Å². The van der Waals surface area contributed by atoms with Gasteiger partial charge in [-0.15, -0.1) is 4.83 Å². The van der Waals surface area contributed by atoms with Crippen LogP contribution in [0.25, 0.3) is 0 Å². The molecule has 0 aliphatic rings. The number of aliphatic hydroxyl groups excluding tert-OH is 1. The molecule has 2 atom stereocenters. The molecule has 246 valence electrons. The van der Waals surface area contributed by atoms with Crippen molar-refractivity contribution in [1.29, 1.82) is 0 Å². The number of rotatable bonds is 18. The molecule has 14 heteroatoms. The summed E-state index contributed by atoms with van der Waals surface area (Å²) >= 11 is 0. The Hall–Kier alpha value is -2.88. The van der Waals surface area contributed by atoms with E-state index in [1.165, 1.54) is 11.1 Å². The Bertz CT molecular complexity index is 1450. The highest BCUT2D eigenvalue weighted by Crippen LogP contribution is 2.18. The number of aliphatic hydroxyl groups is 1. The van der Waals surface area contributed by atoms with Crippen LogP contribution in [0.5, 0.6) is 0 Å². The van der Waals surface area contributed by atoms with Gasteiger partial charge in [0.2, 0.25) is 20.0 Å². The van der Waals surface area contributed by atoms with Crippen LogP contribution in [0.4, 0.5) is 0 Å². The number of nitrogens with two attached hydrogens (primary N) is 1. The standard InChI is InChI=1S/C30H47N5O7S2/c1-6-14-34(15-7-2)30(38)25-18-24(19-26(20-25)43(31,39)40)29(37)32-27(17-23-12-10-9-11-13-23)28(36)21-35(16-8-3)33-44(41,42)22(4)5/h9-13,18-20,22,27-28,33,36H,6-8,14-17,21H2,1-5H3,(H,32,37)(H2,31,39,40). The van der Waals surface area contributed by atoms with Crippen LogP contribution in [0, 0.1) is 0 Å². The number of hydrogen-bond donors (Lipinski definition) is 4. The molecule has 0 saturated carbocycles.